The summed E-state index contributed by atoms with van der Waals surface area (Å²) in [5.41, 5.74) is 0.566. The van der Waals surface area contributed by atoms with E-state index in [0.29, 0.717) is 18.7 Å². The quantitative estimate of drug-likeness (QED) is 0.896. The first-order chi connectivity index (χ1) is 12.0. The van der Waals surface area contributed by atoms with Crippen molar-refractivity contribution in [1.82, 2.24) is 20.0 Å². The number of nitrogens with zero attached hydrogens (tertiary/aromatic N) is 3. The summed E-state index contributed by atoms with van der Waals surface area (Å²) in [6.45, 7) is 1.14. The SMILES string of the molecule is Cn1nc(C(=O)N[C@H]2CCCN(C(=O)c3ccccc3)C2)ccc1=O. The van der Waals surface area contributed by atoms with Gasteiger partial charge in [-0.1, -0.05) is 18.2 Å². The number of nitrogens with one attached hydrogen (secondary N) is 1. The molecule has 1 N–H and O–H groups in total. The lowest BCUT2D eigenvalue weighted by Crippen LogP contribution is -2.49. The Bertz CT molecular complexity index is 832. The summed E-state index contributed by atoms with van der Waals surface area (Å²) in [7, 11) is 1.50. The average molecular weight is 340 g/mol. The van der Waals surface area contributed by atoms with Gasteiger partial charge in [0, 0.05) is 37.8 Å². The van der Waals surface area contributed by atoms with Crippen LogP contribution in [-0.4, -0.2) is 45.6 Å². The van der Waals surface area contributed by atoms with E-state index in [1.807, 2.05) is 18.2 Å². The molecule has 0 bridgehead atoms. The Kier molecular flexibility index (Phi) is 4.92. The van der Waals surface area contributed by atoms with Crippen molar-refractivity contribution >= 4 is 11.8 Å². The first-order valence-electron chi connectivity index (χ1n) is 8.24. The zero-order chi connectivity index (χ0) is 17.8. The number of aryl methyl sites for hydroxylation is 1. The molecule has 1 atom stereocenters. The summed E-state index contributed by atoms with van der Waals surface area (Å²) in [4.78, 5) is 38.0. The van der Waals surface area contributed by atoms with Crippen LogP contribution in [0, 0.1) is 0 Å². The van der Waals surface area contributed by atoms with Crippen molar-refractivity contribution in [3.8, 4) is 0 Å². The molecule has 7 heteroatoms. The standard InChI is InChI=1S/C18H20N4O3/c1-21-16(23)10-9-15(20-21)17(24)19-14-8-5-11-22(12-14)18(25)13-6-3-2-4-7-13/h2-4,6-7,9-10,14H,5,8,11-12H2,1H3,(H,19,24)/t14-/m0/s1. The zero-order valence-corrected chi connectivity index (χ0v) is 14.0. The van der Waals surface area contributed by atoms with Crippen molar-refractivity contribution in [2.75, 3.05) is 13.1 Å². The lowest BCUT2D eigenvalue weighted by atomic mass is 10.0. The number of amides is 2. The Labute approximate surface area is 145 Å². The van der Waals surface area contributed by atoms with Gasteiger partial charge in [-0.3, -0.25) is 14.4 Å². The number of hydrogen-bond acceptors (Lipinski definition) is 4. The normalized spacial score (nSPS) is 17.2. The summed E-state index contributed by atoms with van der Waals surface area (Å²) >= 11 is 0. The minimum Gasteiger partial charge on any atom is -0.346 e. The third-order valence-electron chi connectivity index (χ3n) is 4.26. The average Bonchev–Trinajstić information content (AvgIpc) is 2.64. The number of aromatic nitrogens is 2. The monoisotopic (exact) mass is 340 g/mol. The molecule has 1 fully saturated rings. The van der Waals surface area contributed by atoms with Crippen molar-refractivity contribution in [1.29, 1.82) is 0 Å². The van der Waals surface area contributed by atoms with E-state index in [-0.39, 0.29) is 29.1 Å². The zero-order valence-electron chi connectivity index (χ0n) is 14.0. The van der Waals surface area contributed by atoms with Gasteiger partial charge in [-0.2, -0.15) is 5.10 Å². The maximum Gasteiger partial charge on any atom is 0.272 e. The fraction of sp³-hybridized carbons (Fsp3) is 0.333. The second kappa shape index (κ2) is 7.29. The molecule has 1 aliphatic rings. The Morgan fingerprint density at radius 3 is 2.64 bits per heavy atom. The van der Waals surface area contributed by atoms with Crippen LogP contribution >= 0.6 is 0 Å². The van der Waals surface area contributed by atoms with E-state index < -0.39 is 0 Å². The lowest BCUT2D eigenvalue weighted by Gasteiger charge is -2.33. The van der Waals surface area contributed by atoms with Crippen molar-refractivity contribution < 1.29 is 9.59 Å². The first kappa shape index (κ1) is 16.9. The highest BCUT2D eigenvalue weighted by Crippen LogP contribution is 2.14. The highest BCUT2D eigenvalue weighted by molar-refractivity contribution is 5.94. The summed E-state index contributed by atoms with van der Waals surface area (Å²) in [5, 5.41) is 6.86. The smallest absolute Gasteiger partial charge is 0.272 e. The van der Waals surface area contributed by atoms with Crippen LogP contribution in [0.25, 0.3) is 0 Å². The molecular formula is C18H20N4O3. The Hall–Kier alpha value is -2.96. The van der Waals surface area contributed by atoms with Crippen LogP contribution in [0.5, 0.6) is 0 Å². The van der Waals surface area contributed by atoms with Crippen LogP contribution in [0.15, 0.2) is 47.3 Å². The summed E-state index contributed by atoms with van der Waals surface area (Å²) in [6.07, 6.45) is 1.63. The topological polar surface area (TPSA) is 84.3 Å². The van der Waals surface area contributed by atoms with Crippen molar-refractivity contribution in [3.05, 3.63) is 64.1 Å². The third kappa shape index (κ3) is 3.93. The van der Waals surface area contributed by atoms with Crippen molar-refractivity contribution in [2.45, 2.75) is 18.9 Å². The van der Waals surface area contributed by atoms with Crippen LogP contribution in [0.4, 0.5) is 0 Å². The lowest BCUT2D eigenvalue weighted by molar-refractivity contribution is 0.0675. The molecule has 2 aromatic rings. The molecule has 0 unspecified atom stereocenters. The predicted octanol–water partition coefficient (Wildman–Crippen LogP) is 0.815. The van der Waals surface area contributed by atoms with Gasteiger partial charge in [-0.15, -0.1) is 0 Å². The van der Waals surface area contributed by atoms with Gasteiger partial charge in [0.15, 0.2) is 0 Å². The molecule has 1 aromatic carbocycles. The first-order valence-corrected chi connectivity index (χ1v) is 8.24. The van der Waals surface area contributed by atoms with Gasteiger partial charge in [0.05, 0.1) is 0 Å². The van der Waals surface area contributed by atoms with E-state index in [1.54, 1.807) is 17.0 Å². The molecule has 1 saturated heterocycles. The Balaban J connectivity index is 1.65. The molecule has 130 valence electrons. The molecule has 2 amide bonds. The summed E-state index contributed by atoms with van der Waals surface area (Å²) in [6, 6.07) is 11.7. The second-order valence-corrected chi connectivity index (χ2v) is 6.11. The third-order valence-corrected chi connectivity index (χ3v) is 4.26. The number of benzene rings is 1. The molecule has 3 rings (SSSR count). The number of piperidine rings is 1. The van der Waals surface area contributed by atoms with E-state index in [9.17, 15) is 14.4 Å². The van der Waals surface area contributed by atoms with Crippen LogP contribution in [0.1, 0.15) is 33.7 Å². The highest BCUT2D eigenvalue weighted by Gasteiger charge is 2.26. The molecule has 7 nitrogen and oxygen atoms in total. The maximum atomic E-state index is 12.5. The molecule has 0 spiro atoms. The summed E-state index contributed by atoms with van der Waals surface area (Å²) < 4.78 is 1.13. The predicted molar refractivity (Wildman–Crippen MR) is 92.3 cm³/mol. The Morgan fingerprint density at radius 2 is 1.92 bits per heavy atom. The van der Waals surface area contributed by atoms with E-state index in [4.69, 9.17) is 0 Å². The molecule has 0 radical (unpaired) electrons. The molecule has 1 aliphatic heterocycles. The van der Waals surface area contributed by atoms with Crippen LogP contribution in [-0.2, 0) is 7.05 Å². The maximum absolute atomic E-state index is 12.5. The number of likely N-dealkylation sites (tertiary alicyclic amines) is 1. The highest BCUT2D eigenvalue weighted by atomic mass is 16.2. The fourth-order valence-corrected chi connectivity index (χ4v) is 2.93. The van der Waals surface area contributed by atoms with Gasteiger partial charge >= 0.3 is 0 Å². The minimum atomic E-state index is -0.338. The molecule has 0 saturated carbocycles. The summed E-state index contributed by atoms with van der Waals surface area (Å²) in [5.74, 6) is -0.366. The number of carbonyl (C=O) groups is 2. The van der Waals surface area contributed by atoms with E-state index in [1.165, 1.54) is 19.2 Å². The molecular weight excluding hydrogens is 320 g/mol. The number of carbonyl (C=O) groups excluding carboxylic acids is 2. The van der Waals surface area contributed by atoms with E-state index in [0.717, 1.165) is 17.5 Å². The number of rotatable bonds is 3. The van der Waals surface area contributed by atoms with E-state index in [2.05, 4.69) is 10.4 Å². The van der Waals surface area contributed by atoms with Gasteiger partial charge in [0.2, 0.25) is 0 Å². The van der Waals surface area contributed by atoms with Crippen molar-refractivity contribution in [3.63, 3.8) is 0 Å². The van der Waals surface area contributed by atoms with E-state index >= 15 is 0 Å². The van der Waals surface area contributed by atoms with Crippen LogP contribution in [0.3, 0.4) is 0 Å². The minimum absolute atomic E-state index is 0.0280. The molecule has 2 heterocycles. The molecule has 25 heavy (non-hydrogen) atoms. The second-order valence-electron chi connectivity index (χ2n) is 6.11. The van der Waals surface area contributed by atoms with Crippen LogP contribution in [0.2, 0.25) is 0 Å². The van der Waals surface area contributed by atoms with Gasteiger partial charge in [0.1, 0.15) is 5.69 Å². The van der Waals surface area contributed by atoms with Gasteiger partial charge in [-0.05, 0) is 31.0 Å². The van der Waals surface area contributed by atoms with Gasteiger partial charge in [-0.25, -0.2) is 4.68 Å². The van der Waals surface area contributed by atoms with Gasteiger partial charge < -0.3 is 10.2 Å². The fourth-order valence-electron chi connectivity index (χ4n) is 2.93. The number of hydrogen-bond donors (Lipinski definition) is 1. The molecule has 0 aliphatic carbocycles. The van der Waals surface area contributed by atoms with Gasteiger partial charge in [0.25, 0.3) is 17.4 Å². The largest absolute Gasteiger partial charge is 0.346 e. The van der Waals surface area contributed by atoms with Crippen LogP contribution < -0.4 is 10.9 Å². The Morgan fingerprint density at radius 1 is 1.16 bits per heavy atom. The van der Waals surface area contributed by atoms with Crippen molar-refractivity contribution in [2.24, 2.45) is 7.05 Å². The molecule has 1 aromatic heterocycles.